The van der Waals surface area contributed by atoms with Crippen LogP contribution in [-0.2, 0) is 6.54 Å². The van der Waals surface area contributed by atoms with Gasteiger partial charge < -0.3 is 5.32 Å². The van der Waals surface area contributed by atoms with Crippen molar-refractivity contribution in [1.82, 2.24) is 10.2 Å². The van der Waals surface area contributed by atoms with Gasteiger partial charge in [0, 0.05) is 17.5 Å². The summed E-state index contributed by atoms with van der Waals surface area (Å²) in [5.74, 6) is 0. The molecule has 2 rings (SSSR count). The molecule has 2 nitrogen and oxygen atoms in total. The van der Waals surface area contributed by atoms with Crippen LogP contribution in [0.1, 0.15) is 50.3 Å². The second-order valence-electron chi connectivity index (χ2n) is 5.59. The summed E-state index contributed by atoms with van der Waals surface area (Å²) in [5.41, 5.74) is 0. The molecule has 1 fully saturated rings. The summed E-state index contributed by atoms with van der Waals surface area (Å²) in [5, 5.41) is 5.68. The van der Waals surface area contributed by atoms with E-state index >= 15 is 0 Å². The Morgan fingerprint density at radius 2 is 2.16 bits per heavy atom. The van der Waals surface area contributed by atoms with Crippen LogP contribution < -0.4 is 5.32 Å². The number of unbranched alkanes of at least 4 members (excludes halogenated alkanes) is 2. The van der Waals surface area contributed by atoms with Crippen molar-refractivity contribution in [3.8, 4) is 0 Å². The van der Waals surface area contributed by atoms with Gasteiger partial charge in [-0.1, -0.05) is 19.4 Å². The predicted molar refractivity (Wildman–Crippen MR) is 84.8 cm³/mol. The predicted octanol–water partition coefficient (Wildman–Crippen LogP) is 3.88. The van der Waals surface area contributed by atoms with Crippen LogP contribution in [0, 0.1) is 0 Å². The normalized spacial score (nSPS) is 15.3. The molecule has 0 radical (unpaired) electrons. The standard InChI is InChI=1S/C16H28N2S/c1-2-10-17-11-4-3-5-12-18(15-8-9-15)14-16-7-6-13-19-16/h6-7,13,15,17H,2-5,8-12,14H2,1H3. The van der Waals surface area contributed by atoms with Crippen LogP contribution >= 0.6 is 11.3 Å². The second-order valence-corrected chi connectivity index (χ2v) is 6.62. The van der Waals surface area contributed by atoms with Gasteiger partial charge in [0.15, 0.2) is 0 Å². The summed E-state index contributed by atoms with van der Waals surface area (Å²) in [4.78, 5) is 4.22. The zero-order valence-corrected chi connectivity index (χ0v) is 13.1. The molecule has 1 aromatic heterocycles. The van der Waals surface area contributed by atoms with Crippen LogP contribution in [0.25, 0.3) is 0 Å². The number of nitrogens with zero attached hydrogens (tertiary/aromatic N) is 1. The summed E-state index contributed by atoms with van der Waals surface area (Å²) in [7, 11) is 0. The summed E-state index contributed by atoms with van der Waals surface area (Å²) in [6.45, 7) is 7.06. The van der Waals surface area contributed by atoms with Crippen LogP contribution in [0.3, 0.4) is 0 Å². The molecule has 1 saturated carbocycles. The number of hydrogen-bond acceptors (Lipinski definition) is 3. The number of nitrogens with one attached hydrogen (secondary N) is 1. The maximum Gasteiger partial charge on any atom is 0.0330 e. The highest BCUT2D eigenvalue weighted by Crippen LogP contribution is 2.29. The molecule has 0 bridgehead atoms. The van der Waals surface area contributed by atoms with Gasteiger partial charge in [-0.3, -0.25) is 4.90 Å². The molecule has 1 heterocycles. The molecule has 0 aromatic carbocycles. The minimum absolute atomic E-state index is 0.889. The maximum absolute atomic E-state index is 3.48. The fourth-order valence-electron chi connectivity index (χ4n) is 2.48. The number of hydrogen-bond donors (Lipinski definition) is 1. The smallest absolute Gasteiger partial charge is 0.0330 e. The molecule has 0 saturated heterocycles. The molecule has 0 amide bonds. The molecule has 1 aliphatic carbocycles. The lowest BCUT2D eigenvalue weighted by atomic mass is 10.2. The Morgan fingerprint density at radius 1 is 1.26 bits per heavy atom. The Hall–Kier alpha value is -0.380. The average Bonchev–Trinajstić information content (AvgIpc) is 3.14. The van der Waals surface area contributed by atoms with Gasteiger partial charge in [0.1, 0.15) is 0 Å². The zero-order chi connectivity index (χ0) is 13.3. The van der Waals surface area contributed by atoms with Crippen molar-refractivity contribution in [3.05, 3.63) is 22.4 Å². The minimum Gasteiger partial charge on any atom is -0.317 e. The van der Waals surface area contributed by atoms with Gasteiger partial charge in [0.05, 0.1) is 0 Å². The molecule has 1 N–H and O–H groups in total. The van der Waals surface area contributed by atoms with Gasteiger partial charge in [-0.2, -0.15) is 0 Å². The summed E-state index contributed by atoms with van der Waals surface area (Å²) >= 11 is 1.90. The van der Waals surface area contributed by atoms with Crippen molar-refractivity contribution >= 4 is 11.3 Å². The average molecular weight is 280 g/mol. The van der Waals surface area contributed by atoms with Gasteiger partial charge in [-0.25, -0.2) is 0 Å². The number of thiophene rings is 1. The quantitative estimate of drug-likeness (QED) is 0.619. The van der Waals surface area contributed by atoms with E-state index in [1.165, 1.54) is 69.6 Å². The fourth-order valence-corrected chi connectivity index (χ4v) is 3.21. The van der Waals surface area contributed by atoms with Crippen molar-refractivity contribution < 1.29 is 0 Å². The third-order valence-corrected chi connectivity index (χ3v) is 4.59. The van der Waals surface area contributed by atoms with E-state index in [2.05, 4.69) is 34.7 Å². The first-order chi connectivity index (χ1) is 9.40. The molecule has 0 atom stereocenters. The molecule has 1 aromatic rings. The molecule has 1 aliphatic rings. The first kappa shape index (κ1) is 15.0. The Morgan fingerprint density at radius 3 is 2.84 bits per heavy atom. The van der Waals surface area contributed by atoms with Crippen molar-refractivity contribution in [2.24, 2.45) is 0 Å². The lowest BCUT2D eigenvalue weighted by molar-refractivity contribution is 0.250. The van der Waals surface area contributed by atoms with E-state index in [9.17, 15) is 0 Å². The summed E-state index contributed by atoms with van der Waals surface area (Å²) < 4.78 is 0. The SMILES string of the molecule is CCCNCCCCCN(Cc1cccs1)C1CC1. The van der Waals surface area contributed by atoms with E-state index in [-0.39, 0.29) is 0 Å². The molecular weight excluding hydrogens is 252 g/mol. The van der Waals surface area contributed by atoms with Crippen LogP contribution in [0.4, 0.5) is 0 Å². The molecule has 0 aliphatic heterocycles. The maximum atomic E-state index is 3.48. The highest BCUT2D eigenvalue weighted by molar-refractivity contribution is 7.09. The van der Waals surface area contributed by atoms with E-state index < -0.39 is 0 Å². The zero-order valence-electron chi connectivity index (χ0n) is 12.2. The van der Waals surface area contributed by atoms with Crippen LogP contribution in [0.2, 0.25) is 0 Å². The Bertz CT molecular complexity index is 319. The van der Waals surface area contributed by atoms with Crippen LogP contribution in [0.15, 0.2) is 17.5 Å². The topological polar surface area (TPSA) is 15.3 Å². The third-order valence-electron chi connectivity index (χ3n) is 3.73. The molecule has 3 heteroatoms. The van der Waals surface area contributed by atoms with Crippen molar-refractivity contribution in [2.75, 3.05) is 19.6 Å². The summed E-state index contributed by atoms with van der Waals surface area (Å²) in [6.07, 6.45) is 8.14. The van der Waals surface area contributed by atoms with Gasteiger partial charge in [0.2, 0.25) is 0 Å². The molecule has 108 valence electrons. The Balaban J connectivity index is 1.56. The number of rotatable bonds is 11. The summed E-state index contributed by atoms with van der Waals surface area (Å²) in [6, 6.07) is 5.33. The highest BCUT2D eigenvalue weighted by atomic mass is 32.1. The van der Waals surface area contributed by atoms with Crippen LogP contribution in [0.5, 0.6) is 0 Å². The highest BCUT2D eigenvalue weighted by Gasteiger charge is 2.28. The second kappa shape index (κ2) is 8.72. The molecule has 0 unspecified atom stereocenters. The van der Waals surface area contributed by atoms with E-state index in [4.69, 9.17) is 0 Å². The van der Waals surface area contributed by atoms with Gasteiger partial charge >= 0.3 is 0 Å². The molecular formula is C16H28N2S. The lowest BCUT2D eigenvalue weighted by Crippen LogP contribution is -2.26. The van der Waals surface area contributed by atoms with Crippen LogP contribution in [-0.4, -0.2) is 30.6 Å². The van der Waals surface area contributed by atoms with E-state index in [0.29, 0.717) is 0 Å². The van der Waals surface area contributed by atoms with Crippen molar-refractivity contribution in [3.63, 3.8) is 0 Å². The first-order valence-corrected chi connectivity index (χ1v) is 8.75. The van der Waals surface area contributed by atoms with Gasteiger partial charge in [-0.15, -0.1) is 11.3 Å². The molecule has 19 heavy (non-hydrogen) atoms. The Labute approximate surface area is 122 Å². The van der Waals surface area contributed by atoms with Gasteiger partial charge in [-0.05, 0) is 63.2 Å². The van der Waals surface area contributed by atoms with Crippen molar-refractivity contribution in [1.29, 1.82) is 0 Å². The lowest BCUT2D eigenvalue weighted by Gasteiger charge is -2.21. The third kappa shape index (κ3) is 6.07. The van der Waals surface area contributed by atoms with Gasteiger partial charge in [0.25, 0.3) is 0 Å². The first-order valence-electron chi connectivity index (χ1n) is 7.87. The van der Waals surface area contributed by atoms with E-state index in [0.717, 1.165) is 6.04 Å². The minimum atomic E-state index is 0.889. The monoisotopic (exact) mass is 280 g/mol. The Kier molecular flexibility index (Phi) is 6.90. The van der Waals surface area contributed by atoms with Crippen molar-refractivity contribution in [2.45, 2.75) is 58.0 Å². The van der Waals surface area contributed by atoms with E-state index in [1.54, 1.807) is 0 Å². The largest absolute Gasteiger partial charge is 0.317 e. The molecule has 0 spiro atoms. The fraction of sp³-hybridized carbons (Fsp3) is 0.750. The van der Waals surface area contributed by atoms with E-state index in [1.807, 2.05) is 11.3 Å².